The van der Waals surface area contributed by atoms with Gasteiger partial charge in [-0.25, -0.2) is 0 Å². The minimum Gasteiger partial charge on any atom is -0.497 e. The molecule has 5 heteroatoms. The molecule has 0 aromatic heterocycles. The summed E-state index contributed by atoms with van der Waals surface area (Å²) in [5.41, 5.74) is 2.78. The van der Waals surface area contributed by atoms with E-state index in [-0.39, 0.29) is 11.9 Å². The zero-order valence-corrected chi connectivity index (χ0v) is 18.3. The lowest BCUT2D eigenvalue weighted by molar-refractivity contribution is -0.116. The summed E-state index contributed by atoms with van der Waals surface area (Å²) in [7, 11) is 3.21. The Hall–Kier alpha value is -3.99. The Balaban J connectivity index is 1.77. The van der Waals surface area contributed by atoms with Gasteiger partial charge in [0.25, 0.3) is 0 Å². The molecule has 5 nitrogen and oxygen atoms in total. The minimum atomic E-state index is -0.288. The lowest BCUT2D eigenvalue weighted by Crippen LogP contribution is -2.27. The second-order valence-corrected chi connectivity index (χ2v) is 6.97. The molecule has 0 heterocycles. The average molecular weight is 430 g/mol. The lowest BCUT2D eigenvalue weighted by Gasteiger charge is -2.19. The molecule has 3 rings (SSSR count). The molecule has 0 saturated carbocycles. The summed E-state index contributed by atoms with van der Waals surface area (Å²) in [6.45, 7) is 4.03. The van der Waals surface area contributed by atoms with Crippen LogP contribution in [-0.4, -0.2) is 26.7 Å². The van der Waals surface area contributed by atoms with Crippen molar-refractivity contribution in [3.8, 4) is 17.2 Å². The normalized spacial score (nSPS) is 11.6. The molecule has 0 spiro atoms. The zero-order chi connectivity index (χ0) is 22.8. The molecule has 0 radical (unpaired) electrons. The van der Waals surface area contributed by atoms with Crippen LogP contribution in [0.5, 0.6) is 17.2 Å². The molecule has 0 fully saturated rings. The van der Waals surface area contributed by atoms with Gasteiger partial charge in [-0.3, -0.25) is 4.79 Å². The van der Waals surface area contributed by atoms with E-state index in [1.807, 2.05) is 72.8 Å². The molecule has 1 atom stereocenters. The third kappa shape index (κ3) is 6.01. The van der Waals surface area contributed by atoms with E-state index in [1.54, 1.807) is 26.4 Å². The van der Waals surface area contributed by atoms with Crippen molar-refractivity contribution in [3.63, 3.8) is 0 Å². The summed E-state index contributed by atoms with van der Waals surface area (Å²) in [4.78, 5) is 12.8. The topological polar surface area (TPSA) is 56.8 Å². The van der Waals surface area contributed by atoms with Crippen LogP contribution in [0.2, 0.25) is 0 Å². The van der Waals surface area contributed by atoms with Crippen LogP contribution in [0, 0.1) is 0 Å². The Labute approximate surface area is 189 Å². The van der Waals surface area contributed by atoms with Crippen molar-refractivity contribution >= 4 is 12.0 Å². The highest BCUT2D eigenvalue weighted by Gasteiger charge is 2.16. The number of benzene rings is 3. The van der Waals surface area contributed by atoms with Crippen LogP contribution in [0.1, 0.15) is 22.7 Å². The number of hydrogen-bond donors (Lipinski definition) is 1. The Morgan fingerprint density at radius 2 is 1.66 bits per heavy atom. The molecule has 3 aromatic rings. The van der Waals surface area contributed by atoms with Crippen LogP contribution in [-0.2, 0) is 4.79 Å². The van der Waals surface area contributed by atoms with Crippen LogP contribution in [0.25, 0.3) is 6.08 Å². The summed E-state index contributed by atoms with van der Waals surface area (Å²) in [5, 5.41) is 3.09. The molecule has 0 aliphatic heterocycles. The maximum Gasteiger partial charge on any atom is 0.244 e. The highest BCUT2D eigenvalue weighted by Crippen LogP contribution is 2.29. The predicted molar refractivity (Wildman–Crippen MR) is 127 cm³/mol. The smallest absolute Gasteiger partial charge is 0.244 e. The number of rotatable bonds is 10. The van der Waals surface area contributed by atoms with Gasteiger partial charge in [0, 0.05) is 6.08 Å². The van der Waals surface area contributed by atoms with Gasteiger partial charge in [-0.1, -0.05) is 61.2 Å². The summed E-state index contributed by atoms with van der Waals surface area (Å²) in [6, 6.07) is 22.7. The van der Waals surface area contributed by atoms with Crippen molar-refractivity contribution in [2.45, 2.75) is 6.04 Å². The number of ether oxygens (including phenoxy) is 3. The summed E-state index contributed by atoms with van der Waals surface area (Å²) < 4.78 is 16.2. The van der Waals surface area contributed by atoms with E-state index in [2.05, 4.69) is 11.9 Å². The monoisotopic (exact) mass is 429 g/mol. The SMILES string of the molecule is C=CCOc1ccc(/C=C/C(=O)NC(c2ccccc2)c2ccc(OC)cc2)cc1OC. The quantitative estimate of drug-likeness (QED) is 0.356. The molecule has 0 aliphatic carbocycles. The molecular formula is C27H27NO4. The second-order valence-electron chi connectivity index (χ2n) is 6.97. The van der Waals surface area contributed by atoms with E-state index >= 15 is 0 Å². The fraction of sp³-hybridized carbons (Fsp3) is 0.148. The van der Waals surface area contributed by atoms with E-state index in [0.29, 0.717) is 18.1 Å². The van der Waals surface area contributed by atoms with Crippen LogP contribution >= 0.6 is 0 Å². The van der Waals surface area contributed by atoms with Gasteiger partial charge in [-0.15, -0.1) is 0 Å². The highest BCUT2D eigenvalue weighted by molar-refractivity contribution is 5.92. The van der Waals surface area contributed by atoms with E-state index in [0.717, 1.165) is 22.4 Å². The van der Waals surface area contributed by atoms with Crippen molar-refractivity contribution < 1.29 is 19.0 Å². The van der Waals surface area contributed by atoms with Gasteiger partial charge in [0.05, 0.1) is 20.3 Å². The van der Waals surface area contributed by atoms with Crippen LogP contribution in [0.3, 0.4) is 0 Å². The Morgan fingerprint density at radius 3 is 2.31 bits per heavy atom. The number of amides is 1. The molecule has 164 valence electrons. The first kappa shape index (κ1) is 22.7. The van der Waals surface area contributed by atoms with Crippen LogP contribution < -0.4 is 19.5 Å². The first-order valence-electron chi connectivity index (χ1n) is 10.2. The van der Waals surface area contributed by atoms with E-state index in [1.165, 1.54) is 6.08 Å². The van der Waals surface area contributed by atoms with Gasteiger partial charge >= 0.3 is 0 Å². The molecule has 0 bridgehead atoms. The van der Waals surface area contributed by atoms with Gasteiger partial charge in [-0.2, -0.15) is 0 Å². The highest BCUT2D eigenvalue weighted by atomic mass is 16.5. The summed E-state index contributed by atoms with van der Waals surface area (Å²) in [6.07, 6.45) is 4.92. The molecule has 1 unspecified atom stereocenters. The van der Waals surface area contributed by atoms with Gasteiger partial charge in [0.15, 0.2) is 11.5 Å². The standard InChI is InChI=1S/C27H27NO4/c1-4-18-32-24-16-10-20(19-25(24)31-3)11-17-26(29)28-27(21-8-6-5-7-9-21)22-12-14-23(30-2)15-13-22/h4-17,19,27H,1,18H2,2-3H3,(H,28,29)/b17-11+. The van der Waals surface area contributed by atoms with Crippen molar-refractivity contribution in [3.05, 3.63) is 108 Å². The molecule has 3 aromatic carbocycles. The minimum absolute atomic E-state index is 0.208. The zero-order valence-electron chi connectivity index (χ0n) is 18.3. The van der Waals surface area contributed by atoms with E-state index in [4.69, 9.17) is 14.2 Å². The maximum atomic E-state index is 12.8. The van der Waals surface area contributed by atoms with Gasteiger partial charge in [-0.05, 0) is 47.0 Å². The molecule has 1 amide bonds. The van der Waals surface area contributed by atoms with Crippen molar-refractivity contribution in [2.75, 3.05) is 20.8 Å². The molecule has 32 heavy (non-hydrogen) atoms. The lowest BCUT2D eigenvalue weighted by atomic mass is 9.98. The van der Waals surface area contributed by atoms with Gasteiger partial charge in [0.2, 0.25) is 5.91 Å². The molecule has 0 saturated heterocycles. The third-order valence-electron chi connectivity index (χ3n) is 4.84. The van der Waals surface area contributed by atoms with E-state index in [9.17, 15) is 4.79 Å². The van der Waals surface area contributed by atoms with Crippen LogP contribution in [0.4, 0.5) is 0 Å². The predicted octanol–water partition coefficient (Wildman–Crippen LogP) is 5.19. The number of carbonyl (C=O) groups excluding carboxylic acids is 1. The van der Waals surface area contributed by atoms with Crippen LogP contribution in [0.15, 0.2) is 91.5 Å². The Kier molecular flexibility index (Phi) is 8.09. The number of nitrogens with one attached hydrogen (secondary N) is 1. The maximum absolute atomic E-state index is 12.8. The van der Waals surface area contributed by atoms with Gasteiger partial charge < -0.3 is 19.5 Å². The third-order valence-corrected chi connectivity index (χ3v) is 4.84. The first-order valence-corrected chi connectivity index (χ1v) is 10.2. The van der Waals surface area contributed by atoms with E-state index < -0.39 is 0 Å². The fourth-order valence-corrected chi connectivity index (χ4v) is 3.22. The van der Waals surface area contributed by atoms with Crippen molar-refractivity contribution in [1.29, 1.82) is 0 Å². The number of methoxy groups -OCH3 is 2. The number of hydrogen-bond acceptors (Lipinski definition) is 4. The second kappa shape index (κ2) is 11.4. The Morgan fingerprint density at radius 1 is 0.938 bits per heavy atom. The summed E-state index contributed by atoms with van der Waals surface area (Å²) in [5.74, 6) is 1.77. The summed E-state index contributed by atoms with van der Waals surface area (Å²) >= 11 is 0. The Bertz CT molecular complexity index is 1060. The van der Waals surface area contributed by atoms with Crippen molar-refractivity contribution in [1.82, 2.24) is 5.32 Å². The van der Waals surface area contributed by atoms with Gasteiger partial charge in [0.1, 0.15) is 12.4 Å². The first-order chi connectivity index (χ1) is 15.6. The average Bonchev–Trinajstić information content (AvgIpc) is 2.85. The molecule has 0 aliphatic rings. The fourth-order valence-electron chi connectivity index (χ4n) is 3.22. The molecular weight excluding hydrogens is 402 g/mol. The van der Waals surface area contributed by atoms with Crippen molar-refractivity contribution in [2.24, 2.45) is 0 Å². The largest absolute Gasteiger partial charge is 0.497 e. The number of carbonyl (C=O) groups is 1. The molecule has 1 N–H and O–H groups in total.